The Kier molecular flexibility index (Phi) is 7.16. The molecule has 7 heteroatoms. The Hall–Kier alpha value is -0.780. The van der Waals surface area contributed by atoms with E-state index in [1.165, 1.54) is 5.56 Å². The lowest BCUT2D eigenvalue weighted by Gasteiger charge is -2.29. The summed E-state index contributed by atoms with van der Waals surface area (Å²) in [5.74, 6) is 0.860. The first-order chi connectivity index (χ1) is 9.70. The van der Waals surface area contributed by atoms with Crippen LogP contribution in [0.5, 0.6) is 0 Å². The first-order valence-electron chi connectivity index (χ1n) is 7.70. The van der Waals surface area contributed by atoms with Crippen LogP contribution >= 0.6 is 24.8 Å². The molecule has 0 spiro atoms. The molecule has 1 amide bonds. The van der Waals surface area contributed by atoms with Gasteiger partial charge in [-0.25, -0.2) is 0 Å². The van der Waals surface area contributed by atoms with E-state index in [1.807, 2.05) is 24.1 Å². The molecule has 0 radical (unpaired) electrons. The van der Waals surface area contributed by atoms with Gasteiger partial charge in [0.15, 0.2) is 0 Å². The Morgan fingerprint density at radius 2 is 2.09 bits per heavy atom. The van der Waals surface area contributed by atoms with Crippen LogP contribution < -0.4 is 5.73 Å². The van der Waals surface area contributed by atoms with E-state index in [4.69, 9.17) is 5.73 Å². The lowest BCUT2D eigenvalue weighted by Crippen LogP contribution is -2.38. The van der Waals surface area contributed by atoms with Crippen molar-refractivity contribution in [2.45, 2.75) is 38.1 Å². The molecule has 1 unspecified atom stereocenters. The van der Waals surface area contributed by atoms with Gasteiger partial charge in [0.2, 0.25) is 5.91 Å². The van der Waals surface area contributed by atoms with Crippen molar-refractivity contribution < 1.29 is 4.79 Å². The summed E-state index contributed by atoms with van der Waals surface area (Å²) in [4.78, 5) is 14.9. The third-order valence-corrected chi connectivity index (χ3v) is 4.92. The van der Waals surface area contributed by atoms with E-state index in [2.05, 4.69) is 10.00 Å². The van der Waals surface area contributed by atoms with Crippen LogP contribution in [0.3, 0.4) is 0 Å². The Labute approximate surface area is 144 Å². The summed E-state index contributed by atoms with van der Waals surface area (Å²) in [5.41, 5.74) is 6.99. The molecule has 22 heavy (non-hydrogen) atoms. The van der Waals surface area contributed by atoms with Crippen LogP contribution in [0.4, 0.5) is 0 Å². The van der Waals surface area contributed by atoms with Crippen molar-refractivity contribution >= 4 is 30.7 Å². The molecule has 2 heterocycles. The number of rotatable bonds is 3. The Morgan fingerprint density at radius 3 is 2.73 bits per heavy atom. The molecule has 5 nitrogen and oxygen atoms in total. The highest BCUT2D eigenvalue weighted by atomic mass is 35.5. The lowest BCUT2D eigenvalue weighted by atomic mass is 9.94. The van der Waals surface area contributed by atoms with Crippen molar-refractivity contribution in [1.82, 2.24) is 14.7 Å². The van der Waals surface area contributed by atoms with Crippen LogP contribution in [0, 0.1) is 11.8 Å². The summed E-state index contributed by atoms with van der Waals surface area (Å²) >= 11 is 0. The van der Waals surface area contributed by atoms with Gasteiger partial charge >= 0.3 is 0 Å². The minimum Gasteiger partial charge on any atom is -0.335 e. The summed E-state index contributed by atoms with van der Waals surface area (Å²) in [6.07, 6.45) is 9.33. The van der Waals surface area contributed by atoms with Crippen LogP contribution in [0.15, 0.2) is 12.4 Å². The molecule has 1 aliphatic heterocycles. The zero-order valence-corrected chi connectivity index (χ0v) is 14.6. The zero-order chi connectivity index (χ0) is 14.1. The van der Waals surface area contributed by atoms with E-state index in [1.54, 1.807) is 0 Å². The fourth-order valence-electron chi connectivity index (χ4n) is 3.85. The molecule has 3 rings (SSSR count). The molecular formula is C15H26Cl2N4O. The maximum atomic E-state index is 12.9. The molecule has 1 saturated heterocycles. The van der Waals surface area contributed by atoms with E-state index in [0.717, 1.165) is 38.6 Å². The second-order valence-electron chi connectivity index (χ2n) is 6.17. The number of aromatic nitrogens is 2. The third-order valence-electron chi connectivity index (χ3n) is 4.92. The fraction of sp³-hybridized carbons (Fsp3) is 0.733. The van der Waals surface area contributed by atoms with E-state index in [0.29, 0.717) is 18.4 Å². The number of carbonyl (C=O) groups excluding carboxylic acids is 1. The average molecular weight is 349 g/mol. The van der Waals surface area contributed by atoms with E-state index < -0.39 is 0 Å². The number of nitrogens with zero attached hydrogens (tertiary/aromatic N) is 3. The maximum absolute atomic E-state index is 12.9. The predicted molar refractivity (Wildman–Crippen MR) is 91.3 cm³/mol. The number of aryl methyl sites for hydroxylation is 1. The number of halogens is 2. The van der Waals surface area contributed by atoms with Gasteiger partial charge in [0.1, 0.15) is 0 Å². The first-order valence-corrected chi connectivity index (χ1v) is 7.70. The van der Waals surface area contributed by atoms with Gasteiger partial charge < -0.3 is 10.6 Å². The predicted octanol–water partition coefficient (Wildman–Crippen LogP) is 2.30. The Balaban J connectivity index is 0.00000121. The molecule has 2 aliphatic rings. The van der Waals surface area contributed by atoms with Gasteiger partial charge in [-0.05, 0) is 38.1 Å². The van der Waals surface area contributed by atoms with Gasteiger partial charge in [-0.3, -0.25) is 9.48 Å². The van der Waals surface area contributed by atoms with Gasteiger partial charge in [0, 0.05) is 31.3 Å². The van der Waals surface area contributed by atoms with Crippen molar-refractivity contribution in [1.29, 1.82) is 0 Å². The lowest BCUT2D eigenvalue weighted by molar-refractivity contribution is -0.137. The standard InChI is InChI=1S/C15H24N4O.2ClH/c1-18-10-12(9-17-18)14-6-3-7-19(14)15(20)13-5-2-4-11(13)8-16;;/h9-11,13-14H,2-8,16H2,1H3;2*1H/t11-,13-,14?;;/m1../s1. The number of nitrogens with two attached hydrogens (primary N) is 1. The van der Waals surface area contributed by atoms with Gasteiger partial charge in [0.25, 0.3) is 0 Å². The van der Waals surface area contributed by atoms with E-state index in [-0.39, 0.29) is 36.8 Å². The van der Waals surface area contributed by atoms with Crippen molar-refractivity contribution in [3.63, 3.8) is 0 Å². The minimum absolute atomic E-state index is 0. The summed E-state index contributed by atoms with van der Waals surface area (Å²) < 4.78 is 1.81. The molecule has 1 aromatic heterocycles. The number of carbonyl (C=O) groups is 1. The van der Waals surface area contributed by atoms with E-state index in [9.17, 15) is 4.79 Å². The van der Waals surface area contributed by atoms with Crippen LogP contribution in [-0.2, 0) is 11.8 Å². The van der Waals surface area contributed by atoms with Gasteiger partial charge in [0.05, 0.1) is 12.2 Å². The molecule has 1 aromatic rings. The van der Waals surface area contributed by atoms with Crippen molar-refractivity contribution in [2.24, 2.45) is 24.6 Å². The van der Waals surface area contributed by atoms with Crippen LogP contribution in [0.1, 0.15) is 43.7 Å². The van der Waals surface area contributed by atoms with Crippen molar-refractivity contribution in [2.75, 3.05) is 13.1 Å². The molecule has 0 bridgehead atoms. The van der Waals surface area contributed by atoms with Crippen molar-refractivity contribution in [3.8, 4) is 0 Å². The van der Waals surface area contributed by atoms with E-state index >= 15 is 0 Å². The monoisotopic (exact) mass is 348 g/mol. The summed E-state index contributed by atoms with van der Waals surface area (Å²) in [7, 11) is 1.92. The zero-order valence-electron chi connectivity index (χ0n) is 13.0. The highest BCUT2D eigenvalue weighted by Gasteiger charge is 2.39. The summed E-state index contributed by atoms with van der Waals surface area (Å²) in [6.45, 7) is 1.52. The first kappa shape index (κ1) is 19.3. The summed E-state index contributed by atoms with van der Waals surface area (Å²) in [6, 6.07) is 0.218. The molecular weight excluding hydrogens is 323 g/mol. The van der Waals surface area contributed by atoms with Gasteiger partial charge in [-0.2, -0.15) is 5.10 Å². The second kappa shape index (κ2) is 8.18. The number of amides is 1. The van der Waals surface area contributed by atoms with Crippen molar-refractivity contribution in [3.05, 3.63) is 18.0 Å². The highest BCUT2D eigenvalue weighted by molar-refractivity contribution is 5.85. The minimum atomic E-state index is 0. The van der Waals surface area contributed by atoms with Crippen LogP contribution in [0.2, 0.25) is 0 Å². The quantitative estimate of drug-likeness (QED) is 0.911. The molecule has 0 aromatic carbocycles. The topological polar surface area (TPSA) is 64.2 Å². The molecule has 2 fully saturated rings. The molecule has 126 valence electrons. The third kappa shape index (κ3) is 3.58. The van der Waals surface area contributed by atoms with Crippen LogP contribution in [0.25, 0.3) is 0 Å². The maximum Gasteiger partial charge on any atom is 0.226 e. The number of likely N-dealkylation sites (tertiary alicyclic amines) is 1. The van der Waals surface area contributed by atoms with Crippen LogP contribution in [-0.4, -0.2) is 33.7 Å². The normalized spacial score (nSPS) is 27.4. The Bertz CT molecular complexity index is 494. The van der Waals surface area contributed by atoms with Gasteiger partial charge in [-0.1, -0.05) is 6.42 Å². The second-order valence-corrected chi connectivity index (χ2v) is 6.17. The van der Waals surface area contributed by atoms with Gasteiger partial charge in [-0.15, -0.1) is 24.8 Å². The molecule has 1 saturated carbocycles. The largest absolute Gasteiger partial charge is 0.335 e. The molecule has 2 N–H and O–H groups in total. The summed E-state index contributed by atoms with van der Waals surface area (Å²) in [5, 5.41) is 4.24. The Morgan fingerprint density at radius 1 is 1.32 bits per heavy atom. The number of hydrogen-bond acceptors (Lipinski definition) is 3. The highest BCUT2D eigenvalue weighted by Crippen LogP contribution is 2.38. The SMILES string of the molecule is Cl.Cl.Cn1cc(C2CCCN2C(=O)[C@@H]2CCC[C@@H]2CN)cn1. The smallest absolute Gasteiger partial charge is 0.226 e. The molecule has 1 aliphatic carbocycles. The number of hydrogen-bond donors (Lipinski definition) is 1. The molecule has 3 atom stereocenters. The fourth-order valence-corrected chi connectivity index (χ4v) is 3.85. The average Bonchev–Trinajstić information content (AvgIpc) is 3.17.